The topological polar surface area (TPSA) is 76.3 Å². The van der Waals surface area contributed by atoms with Gasteiger partial charge in [0.25, 0.3) is 0 Å². The zero-order valence-corrected chi connectivity index (χ0v) is 10.4. The maximum absolute atomic E-state index is 11.9. The molecular formula is C10H17N3O2S. The van der Waals surface area contributed by atoms with E-state index in [1.54, 1.807) is 19.1 Å². The zero-order valence-electron chi connectivity index (χ0n) is 9.55. The highest BCUT2D eigenvalue weighted by Crippen LogP contribution is 2.16. The van der Waals surface area contributed by atoms with Crippen LogP contribution in [0.1, 0.15) is 20.3 Å². The average molecular weight is 243 g/mol. The Morgan fingerprint density at radius 2 is 2.06 bits per heavy atom. The molecule has 1 aromatic rings. The van der Waals surface area contributed by atoms with Gasteiger partial charge in [-0.05, 0) is 25.5 Å². The monoisotopic (exact) mass is 243 g/mol. The lowest BCUT2D eigenvalue weighted by Gasteiger charge is -2.21. The molecule has 0 aromatic carbocycles. The number of nitrogens with zero attached hydrogens (tertiary/aromatic N) is 2. The van der Waals surface area contributed by atoms with Gasteiger partial charge in [0.1, 0.15) is 5.82 Å². The van der Waals surface area contributed by atoms with E-state index in [9.17, 15) is 8.42 Å². The van der Waals surface area contributed by atoms with Crippen molar-refractivity contribution in [2.24, 2.45) is 0 Å². The Hall–Kier alpha value is -1.30. The summed E-state index contributed by atoms with van der Waals surface area (Å²) in [4.78, 5) is 4.02. The highest BCUT2D eigenvalue weighted by molar-refractivity contribution is 7.92. The molecule has 2 N–H and O–H groups in total. The second-order valence-corrected chi connectivity index (χ2v) is 5.44. The Bertz CT molecular complexity index is 428. The number of nitrogen functional groups attached to an aromatic ring is 1. The summed E-state index contributed by atoms with van der Waals surface area (Å²) >= 11 is 0. The van der Waals surface area contributed by atoms with Crippen molar-refractivity contribution in [3.8, 4) is 0 Å². The molecule has 16 heavy (non-hydrogen) atoms. The molecule has 0 fully saturated rings. The summed E-state index contributed by atoms with van der Waals surface area (Å²) in [6, 6.07) is 3.26. The third-order valence-corrected chi connectivity index (χ3v) is 4.15. The van der Waals surface area contributed by atoms with Crippen molar-refractivity contribution in [1.29, 1.82) is 0 Å². The number of hydrogen-bond acceptors (Lipinski definition) is 4. The van der Waals surface area contributed by atoms with Gasteiger partial charge in [-0.1, -0.05) is 6.92 Å². The Morgan fingerprint density at radius 1 is 1.38 bits per heavy atom. The van der Waals surface area contributed by atoms with Gasteiger partial charge in [0.05, 0.1) is 17.6 Å². The van der Waals surface area contributed by atoms with Crippen molar-refractivity contribution in [3.05, 3.63) is 18.3 Å². The van der Waals surface area contributed by atoms with Crippen LogP contribution in [0.5, 0.6) is 0 Å². The largest absolute Gasteiger partial charge is 0.397 e. The number of nitrogens with two attached hydrogens (primary N) is 1. The van der Waals surface area contributed by atoms with Crippen LogP contribution in [0.3, 0.4) is 0 Å². The van der Waals surface area contributed by atoms with Crippen molar-refractivity contribution in [2.75, 3.05) is 22.3 Å². The molecule has 0 aliphatic heterocycles. The fourth-order valence-electron chi connectivity index (χ4n) is 1.41. The molecule has 0 saturated heterocycles. The molecule has 0 saturated carbocycles. The SMILES string of the molecule is CCCS(=O)(=O)N(CC)c1ccc(N)cn1. The number of rotatable bonds is 5. The third-order valence-electron chi connectivity index (χ3n) is 2.11. The second kappa shape index (κ2) is 5.16. The number of sulfonamides is 1. The van der Waals surface area contributed by atoms with E-state index in [0.29, 0.717) is 24.5 Å². The van der Waals surface area contributed by atoms with E-state index in [-0.39, 0.29) is 5.75 Å². The van der Waals surface area contributed by atoms with Crippen LogP contribution in [0.4, 0.5) is 11.5 Å². The Kier molecular flexibility index (Phi) is 4.12. The lowest BCUT2D eigenvalue weighted by Crippen LogP contribution is -2.33. The smallest absolute Gasteiger partial charge is 0.236 e. The first-order valence-electron chi connectivity index (χ1n) is 5.23. The van der Waals surface area contributed by atoms with Crippen molar-refractivity contribution in [1.82, 2.24) is 4.98 Å². The van der Waals surface area contributed by atoms with Gasteiger partial charge < -0.3 is 5.73 Å². The number of aromatic nitrogens is 1. The van der Waals surface area contributed by atoms with E-state index in [1.165, 1.54) is 10.5 Å². The highest BCUT2D eigenvalue weighted by atomic mass is 32.2. The summed E-state index contributed by atoms with van der Waals surface area (Å²) < 4.78 is 25.1. The lowest BCUT2D eigenvalue weighted by molar-refractivity contribution is 0.590. The quantitative estimate of drug-likeness (QED) is 0.844. The molecule has 90 valence electrons. The molecule has 5 nitrogen and oxygen atoms in total. The second-order valence-electron chi connectivity index (χ2n) is 3.43. The molecule has 0 unspecified atom stereocenters. The van der Waals surface area contributed by atoms with Crippen LogP contribution in [0, 0.1) is 0 Å². The molecular weight excluding hydrogens is 226 g/mol. The zero-order chi connectivity index (χ0) is 12.2. The summed E-state index contributed by atoms with van der Waals surface area (Å²) in [6.45, 7) is 3.99. The van der Waals surface area contributed by atoms with Crippen molar-refractivity contribution in [2.45, 2.75) is 20.3 Å². The van der Waals surface area contributed by atoms with E-state index in [1.807, 2.05) is 6.92 Å². The minimum absolute atomic E-state index is 0.132. The summed E-state index contributed by atoms with van der Waals surface area (Å²) in [5, 5.41) is 0. The minimum Gasteiger partial charge on any atom is -0.397 e. The molecule has 6 heteroatoms. The van der Waals surface area contributed by atoms with E-state index in [2.05, 4.69) is 4.98 Å². The van der Waals surface area contributed by atoms with Crippen molar-refractivity contribution in [3.63, 3.8) is 0 Å². The van der Waals surface area contributed by atoms with Gasteiger partial charge in [-0.2, -0.15) is 0 Å². The first kappa shape index (κ1) is 12.8. The molecule has 1 rings (SSSR count). The van der Waals surface area contributed by atoms with Crippen LogP contribution >= 0.6 is 0 Å². The predicted octanol–water partition coefficient (Wildman–Crippen LogP) is 1.23. The third kappa shape index (κ3) is 2.85. The van der Waals surface area contributed by atoms with Gasteiger partial charge in [0.15, 0.2) is 0 Å². The van der Waals surface area contributed by atoms with Crippen LogP contribution < -0.4 is 10.0 Å². The van der Waals surface area contributed by atoms with Gasteiger partial charge in [-0.15, -0.1) is 0 Å². The highest BCUT2D eigenvalue weighted by Gasteiger charge is 2.20. The molecule has 0 radical (unpaired) electrons. The summed E-state index contributed by atoms with van der Waals surface area (Å²) in [5.74, 6) is 0.553. The Balaban J connectivity index is 3.03. The standard InChI is InChI=1S/C10H17N3O2S/c1-3-7-16(14,15)13(4-2)10-6-5-9(11)8-12-10/h5-6,8H,3-4,7,11H2,1-2H3. The predicted molar refractivity (Wildman–Crippen MR) is 65.7 cm³/mol. The number of anilines is 2. The first-order valence-corrected chi connectivity index (χ1v) is 6.84. The maximum Gasteiger partial charge on any atom is 0.236 e. The molecule has 0 spiro atoms. The van der Waals surface area contributed by atoms with Crippen LogP contribution in [0.15, 0.2) is 18.3 Å². The summed E-state index contributed by atoms with van der Waals surface area (Å²) in [7, 11) is -3.26. The van der Waals surface area contributed by atoms with Crippen LogP contribution in [-0.2, 0) is 10.0 Å². The Morgan fingerprint density at radius 3 is 2.50 bits per heavy atom. The van der Waals surface area contributed by atoms with Gasteiger partial charge in [-0.25, -0.2) is 13.4 Å². The van der Waals surface area contributed by atoms with Crippen LogP contribution in [-0.4, -0.2) is 25.7 Å². The minimum atomic E-state index is -3.26. The molecule has 1 aromatic heterocycles. The Labute approximate surface area is 96.3 Å². The van der Waals surface area contributed by atoms with E-state index in [4.69, 9.17) is 5.73 Å². The fourth-order valence-corrected chi connectivity index (χ4v) is 2.94. The van der Waals surface area contributed by atoms with Gasteiger partial charge >= 0.3 is 0 Å². The molecule has 0 aliphatic rings. The lowest BCUT2D eigenvalue weighted by atomic mass is 10.4. The van der Waals surface area contributed by atoms with E-state index >= 15 is 0 Å². The maximum atomic E-state index is 11.9. The van der Waals surface area contributed by atoms with Gasteiger partial charge in [0.2, 0.25) is 10.0 Å². The van der Waals surface area contributed by atoms with Crippen molar-refractivity contribution >= 4 is 21.5 Å². The first-order chi connectivity index (χ1) is 7.51. The van der Waals surface area contributed by atoms with Crippen LogP contribution in [0.25, 0.3) is 0 Å². The number of pyridine rings is 1. The molecule has 0 bridgehead atoms. The van der Waals surface area contributed by atoms with Crippen LogP contribution in [0.2, 0.25) is 0 Å². The van der Waals surface area contributed by atoms with Gasteiger partial charge in [0, 0.05) is 6.54 Å². The molecule has 0 aliphatic carbocycles. The normalized spacial score (nSPS) is 11.4. The molecule has 0 amide bonds. The average Bonchev–Trinajstić information content (AvgIpc) is 2.21. The van der Waals surface area contributed by atoms with E-state index in [0.717, 1.165) is 0 Å². The van der Waals surface area contributed by atoms with Crippen molar-refractivity contribution < 1.29 is 8.42 Å². The molecule has 1 heterocycles. The van der Waals surface area contributed by atoms with Gasteiger partial charge in [-0.3, -0.25) is 4.31 Å². The summed E-state index contributed by atoms with van der Waals surface area (Å²) in [6.07, 6.45) is 2.05. The fraction of sp³-hybridized carbons (Fsp3) is 0.500. The van der Waals surface area contributed by atoms with E-state index < -0.39 is 10.0 Å². The summed E-state index contributed by atoms with van der Waals surface area (Å²) in [5.41, 5.74) is 6.03. The molecule has 0 atom stereocenters. The number of hydrogen-bond donors (Lipinski definition) is 1.